The van der Waals surface area contributed by atoms with E-state index in [1.165, 1.54) is 12.1 Å². The van der Waals surface area contributed by atoms with Crippen LogP contribution < -0.4 is 5.32 Å². The number of likely N-dealkylation sites (tertiary alicyclic amines) is 2. The molecule has 0 bridgehead atoms. The largest absolute Gasteiger partial charge is 0.444 e. The van der Waals surface area contributed by atoms with Crippen LogP contribution in [0.2, 0.25) is 0 Å². The average Bonchev–Trinajstić information content (AvgIpc) is 2.74. The zero-order valence-corrected chi connectivity index (χ0v) is 20.3. The quantitative estimate of drug-likeness (QED) is 0.652. The van der Waals surface area contributed by atoms with Crippen molar-refractivity contribution in [3.63, 3.8) is 0 Å². The Morgan fingerprint density at radius 1 is 1.03 bits per heavy atom. The maximum Gasteiger partial charge on any atom is 0.416 e. The monoisotopic (exact) mass is 483 g/mol. The lowest BCUT2D eigenvalue weighted by Crippen LogP contribution is -2.45. The molecular formula is C25H36F3N3O3. The maximum atomic E-state index is 12.9. The molecule has 1 aromatic rings. The van der Waals surface area contributed by atoms with E-state index in [0.717, 1.165) is 44.8 Å². The number of hydrogen-bond donors (Lipinski definition) is 1. The van der Waals surface area contributed by atoms with Gasteiger partial charge in [0.15, 0.2) is 0 Å². The van der Waals surface area contributed by atoms with Gasteiger partial charge in [0.25, 0.3) is 0 Å². The summed E-state index contributed by atoms with van der Waals surface area (Å²) in [5, 5.41) is 3.13. The molecule has 0 atom stereocenters. The second-order valence-electron chi connectivity index (χ2n) is 10.4. The molecule has 2 fully saturated rings. The van der Waals surface area contributed by atoms with Gasteiger partial charge in [0.2, 0.25) is 5.91 Å². The van der Waals surface area contributed by atoms with Crippen LogP contribution in [-0.2, 0) is 22.3 Å². The molecule has 2 amide bonds. The van der Waals surface area contributed by atoms with Gasteiger partial charge < -0.3 is 15.0 Å². The number of amides is 2. The molecule has 0 radical (unpaired) electrons. The molecule has 1 aromatic carbocycles. The first-order valence-electron chi connectivity index (χ1n) is 12.0. The van der Waals surface area contributed by atoms with E-state index >= 15 is 0 Å². The maximum absolute atomic E-state index is 12.9. The van der Waals surface area contributed by atoms with Crippen molar-refractivity contribution in [3.8, 4) is 0 Å². The number of hydrogen-bond acceptors (Lipinski definition) is 4. The highest BCUT2D eigenvalue weighted by molar-refractivity contribution is 5.76. The van der Waals surface area contributed by atoms with Crippen molar-refractivity contribution in [2.75, 3.05) is 26.2 Å². The fourth-order valence-electron chi connectivity index (χ4n) is 4.53. The average molecular weight is 484 g/mol. The molecule has 0 saturated carbocycles. The molecule has 2 aliphatic heterocycles. The molecule has 190 valence electrons. The van der Waals surface area contributed by atoms with Gasteiger partial charge in [0.05, 0.1) is 5.56 Å². The Balaban J connectivity index is 1.36. The van der Waals surface area contributed by atoms with Gasteiger partial charge in [-0.2, -0.15) is 13.2 Å². The third-order valence-electron chi connectivity index (χ3n) is 6.35. The first-order valence-corrected chi connectivity index (χ1v) is 12.0. The van der Waals surface area contributed by atoms with Crippen LogP contribution >= 0.6 is 0 Å². The van der Waals surface area contributed by atoms with E-state index in [4.69, 9.17) is 4.74 Å². The number of ether oxygens (including phenoxy) is 1. The number of nitrogens with one attached hydrogen (secondary N) is 1. The van der Waals surface area contributed by atoms with Crippen LogP contribution in [0.1, 0.15) is 64.0 Å². The summed E-state index contributed by atoms with van der Waals surface area (Å²) >= 11 is 0. The van der Waals surface area contributed by atoms with Crippen LogP contribution in [0, 0.1) is 5.92 Å². The van der Waals surface area contributed by atoms with Gasteiger partial charge in [-0.05, 0) is 64.0 Å². The Morgan fingerprint density at radius 2 is 1.68 bits per heavy atom. The summed E-state index contributed by atoms with van der Waals surface area (Å²) in [4.78, 5) is 28.6. The van der Waals surface area contributed by atoms with E-state index in [0.29, 0.717) is 31.6 Å². The Labute approximate surface area is 199 Å². The fraction of sp³-hybridized carbons (Fsp3) is 0.680. The van der Waals surface area contributed by atoms with Gasteiger partial charge in [-0.25, -0.2) is 4.79 Å². The molecule has 0 unspecified atom stereocenters. The smallest absolute Gasteiger partial charge is 0.416 e. The summed E-state index contributed by atoms with van der Waals surface area (Å²) in [5.41, 5.74) is -0.490. The van der Waals surface area contributed by atoms with Crippen LogP contribution in [0.3, 0.4) is 0 Å². The van der Waals surface area contributed by atoms with E-state index in [9.17, 15) is 22.8 Å². The van der Waals surface area contributed by atoms with Crippen molar-refractivity contribution in [1.82, 2.24) is 15.1 Å². The lowest BCUT2D eigenvalue weighted by Gasteiger charge is -2.34. The van der Waals surface area contributed by atoms with Gasteiger partial charge in [0, 0.05) is 45.2 Å². The van der Waals surface area contributed by atoms with Crippen LogP contribution in [0.5, 0.6) is 0 Å². The predicted octanol–water partition coefficient (Wildman–Crippen LogP) is 4.82. The molecule has 9 heteroatoms. The molecular weight excluding hydrogens is 447 g/mol. The molecule has 6 nitrogen and oxygen atoms in total. The second-order valence-corrected chi connectivity index (χ2v) is 10.4. The predicted molar refractivity (Wildman–Crippen MR) is 123 cm³/mol. The summed E-state index contributed by atoms with van der Waals surface area (Å²) < 4.78 is 44.2. The standard InChI is InChI=1S/C25H36F3N3O3/c1-24(2,3)34-23(33)31-13-7-18(8-14-31)16-22(32)29-21-9-11-30(12-10-21)17-19-5-4-6-20(15-19)25(26,27)28/h4-6,15,18,21H,7-14,16-17H2,1-3H3,(H,29,32). The summed E-state index contributed by atoms with van der Waals surface area (Å²) in [6.07, 6.45) is -1.06. The lowest BCUT2D eigenvalue weighted by molar-refractivity contribution is -0.137. The Hall–Kier alpha value is -2.29. The fourth-order valence-corrected chi connectivity index (χ4v) is 4.53. The summed E-state index contributed by atoms with van der Waals surface area (Å²) in [5.74, 6) is 0.284. The minimum atomic E-state index is -4.33. The van der Waals surface area contributed by atoms with Crippen molar-refractivity contribution in [2.45, 2.75) is 77.2 Å². The van der Waals surface area contributed by atoms with Crippen LogP contribution in [0.25, 0.3) is 0 Å². The zero-order chi connectivity index (χ0) is 24.9. The van der Waals surface area contributed by atoms with E-state index in [1.807, 2.05) is 20.8 Å². The number of halogens is 3. The van der Waals surface area contributed by atoms with Crippen molar-refractivity contribution in [2.24, 2.45) is 5.92 Å². The number of piperidine rings is 2. The van der Waals surface area contributed by atoms with Gasteiger partial charge in [-0.3, -0.25) is 9.69 Å². The molecule has 2 saturated heterocycles. The minimum Gasteiger partial charge on any atom is -0.444 e. The number of benzene rings is 1. The van der Waals surface area contributed by atoms with Crippen LogP contribution in [-0.4, -0.2) is 59.6 Å². The molecule has 1 N–H and O–H groups in total. The topological polar surface area (TPSA) is 61.9 Å². The van der Waals surface area contributed by atoms with Crippen molar-refractivity contribution in [3.05, 3.63) is 35.4 Å². The first kappa shape index (κ1) is 26.3. The van der Waals surface area contributed by atoms with Gasteiger partial charge in [0.1, 0.15) is 5.60 Å². The van der Waals surface area contributed by atoms with E-state index < -0.39 is 17.3 Å². The third kappa shape index (κ3) is 8.18. The number of carbonyl (C=O) groups excluding carboxylic acids is 2. The highest BCUT2D eigenvalue weighted by Gasteiger charge is 2.31. The second kappa shape index (κ2) is 11.0. The zero-order valence-electron chi connectivity index (χ0n) is 20.3. The Morgan fingerprint density at radius 3 is 2.26 bits per heavy atom. The Bertz CT molecular complexity index is 838. The summed E-state index contributed by atoms with van der Waals surface area (Å²) in [6.45, 7) is 8.67. The van der Waals surface area contributed by atoms with Crippen molar-refractivity contribution < 1.29 is 27.5 Å². The number of nitrogens with zero attached hydrogens (tertiary/aromatic N) is 2. The number of rotatable bonds is 5. The van der Waals surface area contributed by atoms with Gasteiger partial charge in [-0.15, -0.1) is 0 Å². The molecule has 0 spiro atoms. The number of alkyl halides is 3. The van der Waals surface area contributed by atoms with Gasteiger partial charge >= 0.3 is 12.3 Å². The normalized spacial score (nSPS) is 19.2. The lowest BCUT2D eigenvalue weighted by atomic mass is 9.93. The minimum absolute atomic E-state index is 0.0343. The van der Waals surface area contributed by atoms with Crippen molar-refractivity contribution in [1.29, 1.82) is 0 Å². The van der Waals surface area contributed by atoms with Gasteiger partial charge in [-0.1, -0.05) is 18.2 Å². The molecule has 0 aliphatic carbocycles. The third-order valence-corrected chi connectivity index (χ3v) is 6.35. The molecule has 34 heavy (non-hydrogen) atoms. The Kier molecular flexibility index (Phi) is 8.49. The summed E-state index contributed by atoms with van der Waals surface area (Å²) in [7, 11) is 0. The van der Waals surface area contributed by atoms with Crippen molar-refractivity contribution >= 4 is 12.0 Å². The van der Waals surface area contributed by atoms with Crippen LogP contribution in [0.4, 0.5) is 18.0 Å². The SMILES string of the molecule is CC(C)(C)OC(=O)N1CCC(CC(=O)NC2CCN(Cc3cccc(C(F)(F)F)c3)CC2)CC1. The van der Waals surface area contributed by atoms with Crippen LogP contribution in [0.15, 0.2) is 24.3 Å². The van der Waals surface area contributed by atoms with E-state index in [2.05, 4.69) is 10.2 Å². The highest BCUT2D eigenvalue weighted by atomic mass is 19.4. The first-order chi connectivity index (χ1) is 15.9. The summed E-state index contributed by atoms with van der Waals surface area (Å²) in [6, 6.07) is 5.56. The highest BCUT2D eigenvalue weighted by Crippen LogP contribution is 2.30. The molecule has 2 heterocycles. The molecule has 0 aromatic heterocycles. The molecule has 3 rings (SSSR count). The van der Waals surface area contributed by atoms with E-state index in [-0.39, 0.29) is 24.0 Å². The molecule has 2 aliphatic rings. The number of carbonyl (C=O) groups is 2. The van der Waals surface area contributed by atoms with E-state index in [1.54, 1.807) is 11.0 Å².